The van der Waals surface area contributed by atoms with Crippen molar-refractivity contribution < 1.29 is 0 Å². The van der Waals surface area contributed by atoms with Crippen molar-refractivity contribution in [3.63, 3.8) is 0 Å². The van der Waals surface area contributed by atoms with Crippen LogP contribution in [0, 0.1) is 6.07 Å². The summed E-state index contributed by atoms with van der Waals surface area (Å²) in [4.78, 5) is 0. The number of benzene rings is 2. The molecule has 2 aromatic rings. The standard InChI is InChI=1S/C19H19/c1-2-4-8-15-13-19-17(11-14(15)7-3-1)12-16-9-5-6-10-18(16)19/h5-6,9-10,13H,1-4,7-8,12H2. The van der Waals surface area contributed by atoms with E-state index in [0.29, 0.717) is 0 Å². The fourth-order valence-corrected chi connectivity index (χ4v) is 3.60. The van der Waals surface area contributed by atoms with Crippen molar-refractivity contribution in [2.24, 2.45) is 0 Å². The maximum Gasteiger partial charge on any atom is -0.000718 e. The SMILES string of the molecule is [c]1c2c(cc3c1Cc1ccccc1-3)CCCCCC2. The largest absolute Gasteiger partial charge is 0.0619 e. The molecular formula is C19H19. The van der Waals surface area contributed by atoms with E-state index in [2.05, 4.69) is 36.4 Å². The summed E-state index contributed by atoms with van der Waals surface area (Å²) in [5, 5.41) is 0. The van der Waals surface area contributed by atoms with Crippen molar-refractivity contribution in [3.8, 4) is 11.1 Å². The van der Waals surface area contributed by atoms with Gasteiger partial charge in [0.05, 0.1) is 0 Å². The molecule has 0 aromatic heterocycles. The number of hydrogen-bond donors (Lipinski definition) is 0. The molecule has 0 spiro atoms. The first-order valence-corrected chi connectivity index (χ1v) is 7.57. The lowest BCUT2D eigenvalue weighted by Gasteiger charge is -2.15. The molecule has 0 nitrogen and oxygen atoms in total. The van der Waals surface area contributed by atoms with Gasteiger partial charge in [-0.3, -0.25) is 0 Å². The predicted octanol–water partition coefficient (Wildman–Crippen LogP) is 4.72. The van der Waals surface area contributed by atoms with Crippen LogP contribution in [0.1, 0.15) is 47.9 Å². The van der Waals surface area contributed by atoms with Gasteiger partial charge in [-0.15, -0.1) is 0 Å². The Labute approximate surface area is 115 Å². The summed E-state index contributed by atoms with van der Waals surface area (Å²) in [7, 11) is 0. The Balaban J connectivity index is 1.84. The molecule has 0 heterocycles. The van der Waals surface area contributed by atoms with Crippen LogP contribution in [0.5, 0.6) is 0 Å². The molecule has 0 bridgehead atoms. The van der Waals surface area contributed by atoms with Crippen LogP contribution in [0.15, 0.2) is 30.3 Å². The predicted molar refractivity (Wildman–Crippen MR) is 79.4 cm³/mol. The Morgan fingerprint density at radius 1 is 0.737 bits per heavy atom. The van der Waals surface area contributed by atoms with Crippen LogP contribution >= 0.6 is 0 Å². The van der Waals surface area contributed by atoms with Gasteiger partial charge in [-0.2, -0.15) is 0 Å². The molecule has 4 rings (SSSR count). The Kier molecular flexibility index (Phi) is 2.69. The van der Waals surface area contributed by atoms with Crippen LogP contribution < -0.4 is 0 Å². The zero-order valence-electron chi connectivity index (χ0n) is 11.3. The average molecular weight is 247 g/mol. The van der Waals surface area contributed by atoms with E-state index < -0.39 is 0 Å². The molecule has 95 valence electrons. The van der Waals surface area contributed by atoms with Gasteiger partial charge < -0.3 is 0 Å². The molecule has 0 heteroatoms. The minimum Gasteiger partial charge on any atom is -0.0619 e. The highest BCUT2D eigenvalue weighted by molar-refractivity contribution is 5.77. The lowest BCUT2D eigenvalue weighted by Crippen LogP contribution is -2.01. The second-order valence-corrected chi connectivity index (χ2v) is 5.91. The third-order valence-corrected chi connectivity index (χ3v) is 4.63. The zero-order chi connectivity index (χ0) is 12.7. The highest BCUT2D eigenvalue weighted by atomic mass is 14.2. The van der Waals surface area contributed by atoms with Gasteiger partial charge >= 0.3 is 0 Å². The average Bonchev–Trinajstić information content (AvgIpc) is 2.76. The summed E-state index contributed by atoms with van der Waals surface area (Å²) < 4.78 is 0. The topological polar surface area (TPSA) is 0 Å². The molecule has 19 heavy (non-hydrogen) atoms. The maximum atomic E-state index is 3.76. The van der Waals surface area contributed by atoms with Crippen LogP contribution in [0.2, 0.25) is 0 Å². The van der Waals surface area contributed by atoms with Crippen molar-refractivity contribution in [1.82, 2.24) is 0 Å². The molecule has 0 saturated carbocycles. The summed E-state index contributed by atoms with van der Waals surface area (Å²) in [6.45, 7) is 0. The van der Waals surface area contributed by atoms with Crippen molar-refractivity contribution in [2.45, 2.75) is 44.9 Å². The molecule has 0 saturated heterocycles. The van der Waals surface area contributed by atoms with Gasteiger partial charge in [-0.1, -0.05) is 43.2 Å². The van der Waals surface area contributed by atoms with E-state index in [1.165, 1.54) is 66.3 Å². The highest BCUT2D eigenvalue weighted by Crippen LogP contribution is 2.38. The molecule has 2 aliphatic rings. The number of hydrogen-bond acceptors (Lipinski definition) is 0. The van der Waals surface area contributed by atoms with E-state index in [9.17, 15) is 0 Å². The van der Waals surface area contributed by atoms with E-state index in [1.54, 1.807) is 5.56 Å². The summed E-state index contributed by atoms with van der Waals surface area (Å²) in [5.74, 6) is 0. The minimum atomic E-state index is 1.08. The van der Waals surface area contributed by atoms with E-state index in [0.717, 1.165) is 6.42 Å². The molecule has 0 atom stereocenters. The van der Waals surface area contributed by atoms with E-state index in [4.69, 9.17) is 0 Å². The van der Waals surface area contributed by atoms with Gasteiger partial charge in [0, 0.05) is 0 Å². The van der Waals surface area contributed by atoms with E-state index in [1.807, 2.05) is 0 Å². The van der Waals surface area contributed by atoms with Gasteiger partial charge in [0.25, 0.3) is 0 Å². The van der Waals surface area contributed by atoms with Gasteiger partial charge in [0.1, 0.15) is 0 Å². The number of fused-ring (bicyclic) bond motifs is 4. The quantitative estimate of drug-likeness (QED) is 0.539. The van der Waals surface area contributed by atoms with Gasteiger partial charge in [0.2, 0.25) is 0 Å². The molecule has 2 aromatic carbocycles. The van der Waals surface area contributed by atoms with Crippen LogP contribution in [0.3, 0.4) is 0 Å². The third kappa shape index (κ3) is 1.90. The lowest BCUT2D eigenvalue weighted by molar-refractivity contribution is 0.616. The molecule has 0 unspecified atom stereocenters. The maximum absolute atomic E-state index is 3.76. The molecule has 1 radical (unpaired) electrons. The zero-order valence-corrected chi connectivity index (χ0v) is 11.3. The molecular weight excluding hydrogens is 228 g/mol. The first-order chi connectivity index (χ1) is 9.42. The smallest absolute Gasteiger partial charge is 0.000718 e. The molecule has 2 aliphatic carbocycles. The van der Waals surface area contributed by atoms with Crippen molar-refractivity contribution in [3.05, 3.63) is 58.7 Å². The van der Waals surface area contributed by atoms with Gasteiger partial charge in [-0.25, -0.2) is 0 Å². The summed E-state index contributed by atoms with van der Waals surface area (Å²) in [5.41, 5.74) is 8.88. The highest BCUT2D eigenvalue weighted by Gasteiger charge is 2.20. The minimum absolute atomic E-state index is 1.08. The Morgan fingerprint density at radius 3 is 2.53 bits per heavy atom. The number of rotatable bonds is 0. The summed E-state index contributed by atoms with van der Waals surface area (Å²) >= 11 is 0. The second-order valence-electron chi connectivity index (χ2n) is 5.91. The third-order valence-electron chi connectivity index (χ3n) is 4.63. The van der Waals surface area contributed by atoms with Crippen LogP contribution in [0.4, 0.5) is 0 Å². The molecule has 0 fully saturated rings. The Hall–Kier alpha value is -1.56. The lowest BCUT2D eigenvalue weighted by atomic mass is 9.90. The molecule has 0 N–H and O–H groups in total. The van der Waals surface area contributed by atoms with Crippen LogP contribution in [-0.4, -0.2) is 0 Å². The molecule has 0 aliphatic heterocycles. The summed E-state index contributed by atoms with van der Waals surface area (Å²) in [6, 6.07) is 15.1. The second kappa shape index (κ2) is 4.52. The normalized spacial score (nSPS) is 17.1. The van der Waals surface area contributed by atoms with Crippen molar-refractivity contribution >= 4 is 0 Å². The van der Waals surface area contributed by atoms with Crippen molar-refractivity contribution in [1.29, 1.82) is 0 Å². The Morgan fingerprint density at radius 2 is 1.58 bits per heavy atom. The van der Waals surface area contributed by atoms with E-state index >= 15 is 0 Å². The van der Waals surface area contributed by atoms with E-state index in [-0.39, 0.29) is 0 Å². The van der Waals surface area contributed by atoms with Gasteiger partial charge in [-0.05, 0) is 71.6 Å². The Bertz CT molecular complexity index is 622. The van der Waals surface area contributed by atoms with Gasteiger partial charge in [0.15, 0.2) is 0 Å². The summed E-state index contributed by atoms with van der Waals surface area (Å²) in [6.07, 6.45) is 9.05. The molecule has 0 amide bonds. The number of aryl methyl sites for hydroxylation is 2. The van der Waals surface area contributed by atoms with Crippen molar-refractivity contribution in [2.75, 3.05) is 0 Å². The van der Waals surface area contributed by atoms with Crippen LogP contribution in [-0.2, 0) is 19.3 Å². The fraction of sp³-hybridized carbons (Fsp3) is 0.368. The monoisotopic (exact) mass is 247 g/mol. The fourth-order valence-electron chi connectivity index (χ4n) is 3.60. The first-order valence-electron chi connectivity index (χ1n) is 7.57. The van der Waals surface area contributed by atoms with Crippen LogP contribution in [0.25, 0.3) is 11.1 Å². The first kappa shape index (κ1) is 11.3.